The molecule has 0 saturated heterocycles. The lowest BCUT2D eigenvalue weighted by Crippen LogP contribution is -2.25. The Morgan fingerprint density at radius 1 is 1.28 bits per heavy atom. The topological polar surface area (TPSA) is 12.0 Å². The Balaban J connectivity index is 2.24. The number of hydrogen-bond acceptors (Lipinski definition) is 1. The van der Waals surface area contributed by atoms with Gasteiger partial charge in [-0.05, 0) is 74.4 Å². The first-order valence-corrected chi connectivity index (χ1v) is 7.10. The molecule has 1 aliphatic rings. The third-order valence-corrected chi connectivity index (χ3v) is 4.17. The van der Waals surface area contributed by atoms with E-state index in [0.717, 1.165) is 36.2 Å². The minimum absolute atomic E-state index is 0.000832. The smallest absolute Gasteiger partial charge is 0.127 e. The van der Waals surface area contributed by atoms with Crippen LogP contribution in [0.4, 0.5) is 4.39 Å². The minimum Gasteiger partial charge on any atom is -0.317 e. The second-order valence-electron chi connectivity index (χ2n) is 5.58. The van der Waals surface area contributed by atoms with E-state index in [-0.39, 0.29) is 5.82 Å². The van der Waals surface area contributed by atoms with Crippen LogP contribution in [0.3, 0.4) is 0 Å². The molecule has 1 aliphatic carbocycles. The largest absolute Gasteiger partial charge is 0.317 e. The fourth-order valence-corrected chi connectivity index (χ4v) is 3.39. The lowest BCUT2D eigenvalue weighted by atomic mass is 9.85. The Morgan fingerprint density at radius 3 is 2.72 bits per heavy atom. The highest BCUT2D eigenvalue weighted by Gasteiger charge is 2.31. The zero-order valence-electron chi connectivity index (χ0n) is 11.7. The van der Waals surface area contributed by atoms with Crippen LogP contribution >= 0.6 is 0 Å². The fraction of sp³-hybridized carbons (Fsp3) is 0.625. The third kappa shape index (κ3) is 2.74. The molecule has 1 aromatic carbocycles. The summed E-state index contributed by atoms with van der Waals surface area (Å²) in [6.45, 7) is 8.16. The Labute approximate surface area is 110 Å². The standard InChI is InChI=1S/C16H24FN/c1-4-18-10-13-6-5-7-14(13)16-12(3)8-11(2)9-15(16)17/h8-9,13-14,18H,4-7,10H2,1-3H3. The highest BCUT2D eigenvalue weighted by molar-refractivity contribution is 5.35. The van der Waals surface area contributed by atoms with Crippen molar-refractivity contribution in [1.82, 2.24) is 5.32 Å². The van der Waals surface area contributed by atoms with Crippen LogP contribution < -0.4 is 5.32 Å². The van der Waals surface area contributed by atoms with Crippen molar-refractivity contribution in [3.05, 3.63) is 34.6 Å². The van der Waals surface area contributed by atoms with Gasteiger partial charge in [0, 0.05) is 0 Å². The molecule has 1 N–H and O–H groups in total. The summed E-state index contributed by atoms with van der Waals surface area (Å²) >= 11 is 0. The Hall–Kier alpha value is -0.890. The molecular formula is C16H24FN. The molecule has 2 heteroatoms. The highest BCUT2D eigenvalue weighted by atomic mass is 19.1. The van der Waals surface area contributed by atoms with Crippen LogP contribution in [0, 0.1) is 25.6 Å². The molecule has 2 atom stereocenters. The molecule has 1 nitrogen and oxygen atoms in total. The van der Waals surface area contributed by atoms with E-state index in [1.807, 2.05) is 13.8 Å². The third-order valence-electron chi connectivity index (χ3n) is 4.17. The molecule has 18 heavy (non-hydrogen) atoms. The van der Waals surface area contributed by atoms with Crippen LogP contribution in [0.2, 0.25) is 0 Å². The number of hydrogen-bond donors (Lipinski definition) is 1. The van der Waals surface area contributed by atoms with Gasteiger partial charge in [-0.2, -0.15) is 0 Å². The maximum absolute atomic E-state index is 14.2. The summed E-state index contributed by atoms with van der Waals surface area (Å²) in [6, 6.07) is 3.80. The molecule has 0 bridgehead atoms. The van der Waals surface area contributed by atoms with E-state index < -0.39 is 0 Å². The maximum atomic E-state index is 14.2. The fourth-order valence-electron chi connectivity index (χ4n) is 3.39. The SMILES string of the molecule is CCNCC1CCCC1c1c(C)cc(C)cc1F. The Bertz CT molecular complexity index is 391. The minimum atomic E-state index is 0.000832. The van der Waals surface area contributed by atoms with E-state index in [2.05, 4.69) is 18.3 Å². The Morgan fingerprint density at radius 2 is 2.06 bits per heavy atom. The van der Waals surface area contributed by atoms with Gasteiger partial charge in [0.2, 0.25) is 0 Å². The van der Waals surface area contributed by atoms with Crippen LogP contribution in [-0.4, -0.2) is 13.1 Å². The van der Waals surface area contributed by atoms with Crippen molar-refractivity contribution in [2.75, 3.05) is 13.1 Å². The van der Waals surface area contributed by atoms with Crippen molar-refractivity contribution in [3.63, 3.8) is 0 Å². The number of rotatable bonds is 4. The van der Waals surface area contributed by atoms with Crippen molar-refractivity contribution < 1.29 is 4.39 Å². The Kier molecular flexibility index (Phi) is 4.39. The number of benzene rings is 1. The van der Waals surface area contributed by atoms with E-state index in [1.165, 1.54) is 12.8 Å². The first kappa shape index (κ1) is 13.5. The van der Waals surface area contributed by atoms with Gasteiger partial charge in [0.25, 0.3) is 0 Å². The average molecular weight is 249 g/mol. The maximum Gasteiger partial charge on any atom is 0.127 e. The van der Waals surface area contributed by atoms with E-state index in [4.69, 9.17) is 0 Å². The van der Waals surface area contributed by atoms with Gasteiger partial charge in [-0.25, -0.2) is 4.39 Å². The quantitative estimate of drug-likeness (QED) is 0.852. The summed E-state index contributed by atoms with van der Waals surface area (Å²) in [5.41, 5.74) is 3.12. The molecule has 1 fully saturated rings. The van der Waals surface area contributed by atoms with Crippen LogP contribution in [0.15, 0.2) is 12.1 Å². The van der Waals surface area contributed by atoms with Crippen LogP contribution in [-0.2, 0) is 0 Å². The average Bonchev–Trinajstić information content (AvgIpc) is 2.73. The molecule has 0 aromatic heterocycles. The van der Waals surface area contributed by atoms with Gasteiger partial charge < -0.3 is 5.32 Å². The molecule has 0 heterocycles. The van der Waals surface area contributed by atoms with Crippen molar-refractivity contribution in [2.24, 2.45) is 5.92 Å². The predicted octanol–water partition coefficient (Wildman–Crippen LogP) is 3.94. The van der Waals surface area contributed by atoms with Crippen LogP contribution in [0.5, 0.6) is 0 Å². The number of nitrogens with one attached hydrogen (secondary N) is 1. The summed E-state index contributed by atoms with van der Waals surface area (Å²) in [7, 11) is 0. The van der Waals surface area contributed by atoms with E-state index in [0.29, 0.717) is 11.8 Å². The monoisotopic (exact) mass is 249 g/mol. The molecule has 2 rings (SSSR count). The highest BCUT2D eigenvalue weighted by Crippen LogP contribution is 2.41. The molecule has 1 aromatic rings. The molecule has 0 aliphatic heterocycles. The normalized spacial score (nSPS) is 23.6. The van der Waals surface area contributed by atoms with E-state index >= 15 is 0 Å². The lowest BCUT2D eigenvalue weighted by molar-refractivity contribution is 0.436. The van der Waals surface area contributed by atoms with Crippen LogP contribution in [0.25, 0.3) is 0 Å². The summed E-state index contributed by atoms with van der Waals surface area (Å²) in [4.78, 5) is 0. The van der Waals surface area contributed by atoms with Crippen LogP contribution in [0.1, 0.15) is 48.8 Å². The molecule has 0 amide bonds. The lowest BCUT2D eigenvalue weighted by Gasteiger charge is -2.23. The zero-order valence-corrected chi connectivity index (χ0v) is 11.7. The summed E-state index contributed by atoms with van der Waals surface area (Å²) < 4.78 is 14.2. The van der Waals surface area contributed by atoms with Gasteiger partial charge >= 0.3 is 0 Å². The molecular weight excluding hydrogens is 225 g/mol. The van der Waals surface area contributed by atoms with Crippen molar-refractivity contribution in [3.8, 4) is 0 Å². The van der Waals surface area contributed by atoms with Crippen molar-refractivity contribution in [1.29, 1.82) is 0 Å². The first-order valence-electron chi connectivity index (χ1n) is 7.10. The molecule has 0 spiro atoms. The number of halogens is 1. The van der Waals surface area contributed by atoms with Gasteiger partial charge in [-0.3, -0.25) is 0 Å². The van der Waals surface area contributed by atoms with Crippen molar-refractivity contribution >= 4 is 0 Å². The van der Waals surface area contributed by atoms with Gasteiger partial charge in [-0.15, -0.1) is 0 Å². The van der Waals surface area contributed by atoms with Gasteiger partial charge in [-0.1, -0.05) is 19.4 Å². The van der Waals surface area contributed by atoms with Gasteiger partial charge in [0.1, 0.15) is 5.82 Å². The summed E-state index contributed by atoms with van der Waals surface area (Å²) in [5.74, 6) is 1.01. The van der Waals surface area contributed by atoms with E-state index in [9.17, 15) is 4.39 Å². The zero-order chi connectivity index (χ0) is 13.1. The molecule has 100 valence electrons. The van der Waals surface area contributed by atoms with Gasteiger partial charge in [0.05, 0.1) is 0 Å². The van der Waals surface area contributed by atoms with E-state index in [1.54, 1.807) is 6.07 Å². The second-order valence-corrected chi connectivity index (χ2v) is 5.58. The molecule has 1 saturated carbocycles. The predicted molar refractivity (Wildman–Crippen MR) is 74.5 cm³/mol. The number of aryl methyl sites for hydroxylation is 2. The molecule has 0 radical (unpaired) electrons. The molecule has 2 unspecified atom stereocenters. The van der Waals surface area contributed by atoms with Crippen molar-refractivity contribution in [2.45, 2.75) is 46.0 Å². The second kappa shape index (κ2) is 5.83. The first-order chi connectivity index (χ1) is 8.63. The summed E-state index contributed by atoms with van der Waals surface area (Å²) in [5, 5.41) is 3.42. The summed E-state index contributed by atoms with van der Waals surface area (Å²) in [6.07, 6.45) is 3.59. The van der Waals surface area contributed by atoms with Gasteiger partial charge in [0.15, 0.2) is 0 Å².